The number of aliphatic hydroxyl groups excluding tert-OH is 1. The minimum atomic E-state index is -0.881. The second-order valence-electron chi connectivity index (χ2n) is 3.57. The fourth-order valence-corrected chi connectivity index (χ4v) is 1.52. The lowest BCUT2D eigenvalue weighted by Gasteiger charge is -2.12. The first kappa shape index (κ1) is 11.7. The summed E-state index contributed by atoms with van der Waals surface area (Å²) in [6.45, 7) is 1.94. The number of carbonyl (C=O) groups is 1. The topological polar surface area (TPSA) is 57.5 Å². The van der Waals surface area contributed by atoms with Gasteiger partial charge >= 0.3 is 5.97 Å². The van der Waals surface area contributed by atoms with Crippen LogP contribution >= 0.6 is 0 Å². The molecule has 82 valence electrons. The Balaban J connectivity index is 2.78. The van der Waals surface area contributed by atoms with Crippen LogP contribution in [0.3, 0.4) is 0 Å². The number of hydrogen-bond donors (Lipinski definition) is 2. The molecule has 0 saturated carbocycles. The minimum Gasteiger partial charge on any atom is -0.481 e. The number of aryl methyl sites for hydroxylation is 1. The lowest BCUT2D eigenvalue weighted by molar-refractivity contribution is -0.137. The van der Waals surface area contributed by atoms with Gasteiger partial charge in [0.2, 0.25) is 0 Å². The summed E-state index contributed by atoms with van der Waals surface area (Å²) in [5.74, 6) is -1.18. The van der Waals surface area contributed by atoms with Crippen LogP contribution in [-0.2, 0) is 11.2 Å². The minimum absolute atomic E-state index is 0.0258. The molecule has 0 saturated heterocycles. The van der Waals surface area contributed by atoms with Crippen molar-refractivity contribution in [2.45, 2.75) is 25.7 Å². The Morgan fingerprint density at radius 1 is 1.33 bits per heavy atom. The van der Waals surface area contributed by atoms with Gasteiger partial charge in [-0.05, 0) is 17.5 Å². The van der Waals surface area contributed by atoms with Crippen molar-refractivity contribution in [1.29, 1.82) is 0 Å². The molecule has 1 rings (SSSR count). The summed E-state index contributed by atoms with van der Waals surface area (Å²) in [4.78, 5) is 10.6. The van der Waals surface area contributed by atoms with E-state index in [1.165, 1.54) is 5.56 Å². The molecule has 3 heteroatoms. The van der Waals surface area contributed by atoms with Crippen LogP contribution in [0.2, 0.25) is 0 Å². The van der Waals surface area contributed by atoms with E-state index in [9.17, 15) is 4.79 Å². The van der Waals surface area contributed by atoms with E-state index in [0.29, 0.717) is 0 Å². The Morgan fingerprint density at radius 2 is 1.93 bits per heavy atom. The van der Waals surface area contributed by atoms with E-state index in [1.54, 1.807) is 0 Å². The first-order chi connectivity index (χ1) is 7.17. The molecule has 0 aliphatic heterocycles. The number of benzene rings is 1. The molecule has 3 nitrogen and oxygen atoms in total. The third-order valence-electron chi connectivity index (χ3n) is 2.50. The Kier molecular flexibility index (Phi) is 4.31. The molecule has 15 heavy (non-hydrogen) atoms. The zero-order chi connectivity index (χ0) is 11.3. The molecule has 0 heterocycles. The standard InChI is InChI=1S/C12H16O3/c1-2-9-3-5-10(6-4-9)11(8-13)7-12(14)15/h3-6,11,13H,2,7-8H2,1H3,(H,14,15). The molecule has 0 aromatic heterocycles. The highest BCUT2D eigenvalue weighted by Crippen LogP contribution is 2.19. The average molecular weight is 208 g/mol. The summed E-state index contributed by atoms with van der Waals surface area (Å²) in [5.41, 5.74) is 2.10. The van der Waals surface area contributed by atoms with Gasteiger partial charge in [-0.25, -0.2) is 0 Å². The summed E-state index contributed by atoms with van der Waals surface area (Å²) in [6.07, 6.45) is 0.935. The summed E-state index contributed by atoms with van der Waals surface area (Å²) < 4.78 is 0. The Bertz CT molecular complexity index is 316. The lowest BCUT2D eigenvalue weighted by Crippen LogP contribution is -2.10. The molecular weight excluding hydrogens is 192 g/mol. The SMILES string of the molecule is CCc1ccc(C(CO)CC(=O)O)cc1. The quantitative estimate of drug-likeness (QED) is 0.775. The van der Waals surface area contributed by atoms with Crippen molar-refractivity contribution in [3.63, 3.8) is 0 Å². The van der Waals surface area contributed by atoms with Crippen molar-refractivity contribution in [3.05, 3.63) is 35.4 Å². The highest BCUT2D eigenvalue weighted by atomic mass is 16.4. The van der Waals surface area contributed by atoms with E-state index in [4.69, 9.17) is 10.2 Å². The summed E-state index contributed by atoms with van der Waals surface area (Å²) >= 11 is 0. The summed E-state index contributed by atoms with van der Waals surface area (Å²) in [7, 11) is 0. The van der Waals surface area contributed by atoms with Gasteiger partial charge < -0.3 is 10.2 Å². The third kappa shape index (κ3) is 3.36. The predicted molar refractivity (Wildman–Crippen MR) is 57.9 cm³/mol. The van der Waals surface area contributed by atoms with Crippen LogP contribution in [0, 0.1) is 0 Å². The van der Waals surface area contributed by atoms with Gasteiger partial charge in [0.25, 0.3) is 0 Å². The molecule has 2 N–H and O–H groups in total. The highest BCUT2D eigenvalue weighted by Gasteiger charge is 2.14. The summed E-state index contributed by atoms with van der Waals surface area (Å²) in [5, 5.41) is 17.8. The van der Waals surface area contributed by atoms with Gasteiger partial charge in [0, 0.05) is 5.92 Å². The molecular formula is C12H16O3. The largest absolute Gasteiger partial charge is 0.481 e. The van der Waals surface area contributed by atoms with Crippen molar-refractivity contribution < 1.29 is 15.0 Å². The van der Waals surface area contributed by atoms with Crippen LogP contribution in [0.25, 0.3) is 0 Å². The first-order valence-electron chi connectivity index (χ1n) is 5.08. The number of carboxylic acids is 1. The van der Waals surface area contributed by atoms with Crippen molar-refractivity contribution in [3.8, 4) is 0 Å². The maximum Gasteiger partial charge on any atom is 0.304 e. The number of rotatable bonds is 5. The van der Waals surface area contributed by atoms with Crippen LogP contribution in [0.1, 0.15) is 30.4 Å². The second kappa shape index (κ2) is 5.51. The number of carboxylic acid groups (broad SMARTS) is 1. The Morgan fingerprint density at radius 3 is 2.33 bits per heavy atom. The maximum atomic E-state index is 10.6. The molecule has 0 radical (unpaired) electrons. The van der Waals surface area contributed by atoms with Crippen molar-refractivity contribution in [2.24, 2.45) is 0 Å². The highest BCUT2D eigenvalue weighted by molar-refractivity contribution is 5.68. The number of aliphatic carboxylic acids is 1. The fraction of sp³-hybridized carbons (Fsp3) is 0.417. The van der Waals surface area contributed by atoms with Crippen LogP contribution < -0.4 is 0 Å². The fourth-order valence-electron chi connectivity index (χ4n) is 1.52. The van der Waals surface area contributed by atoms with E-state index in [-0.39, 0.29) is 18.9 Å². The van der Waals surface area contributed by atoms with Crippen LogP contribution in [0.5, 0.6) is 0 Å². The second-order valence-corrected chi connectivity index (χ2v) is 3.57. The van der Waals surface area contributed by atoms with E-state index in [2.05, 4.69) is 6.92 Å². The Hall–Kier alpha value is -1.35. The zero-order valence-electron chi connectivity index (χ0n) is 8.81. The van der Waals surface area contributed by atoms with E-state index < -0.39 is 5.97 Å². The van der Waals surface area contributed by atoms with Gasteiger partial charge in [0.05, 0.1) is 13.0 Å². The first-order valence-corrected chi connectivity index (χ1v) is 5.08. The number of aliphatic hydroxyl groups is 1. The molecule has 1 atom stereocenters. The third-order valence-corrected chi connectivity index (χ3v) is 2.50. The molecule has 1 unspecified atom stereocenters. The van der Waals surface area contributed by atoms with E-state index in [0.717, 1.165) is 12.0 Å². The normalized spacial score (nSPS) is 12.4. The monoisotopic (exact) mass is 208 g/mol. The van der Waals surface area contributed by atoms with Crippen LogP contribution in [0.4, 0.5) is 0 Å². The molecule has 0 aliphatic rings. The van der Waals surface area contributed by atoms with Crippen molar-refractivity contribution in [2.75, 3.05) is 6.61 Å². The van der Waals surface area contributed by atoms with Gasteiger partial charge in [-0.3, -0.25) is 4.79 Å². The zero-order valence-corrected chi connectivity index (χ0v) is 8.81. The lowest BCUT2D eigenvalue weighted by atomic mass is 9.95. The van der Waals surface area contributed by atoms with Gasteiger partial charge in [-0.1, -0.05) is 31.2 Å². The summed E-state index contributed by atoms with van der Waals surface area (Å²) in [6, 6.07) is 7.73. The smallest absolute Gasteiger partial charge is 0.304 e. The van der Waals surface area contributed by atoms with E-state index in [1.807, 2.05) is 24.3 Å². The van der Waals surface area contributed by atoms with Gasteiger partial charge in [0.1, 0.15) is 0 Å². The molecule has 1 aromatic rings. The van der Waals surface area contributed by atoms with Crippen molar-refractivity contribution >= 4 is 5.97 Å². The molecule has 0 fully saturated rings. The predicted octanol–water partition coefficient (Wildman–Crippen LogP) is 1.80. The van der Waals surface area contributed by atoms with Crippen LogP contribution in [-0.4, -0.2) is 22.8 Å². The Labute approximate surface area is 89.4 Å². The molecule has 0 aliphatic carbocycles. The van der Waals surface area contributed by atoms with Crippen molar-refractivity contribution in [1.82, 2.24) is 0 Å². The molecule has 0 amide bonds. The average Bonchev–Trinajstić information content (AvgIpc) is 2.26. The number of hydrogen-bond acceptors (Lipinski definition) is 2. The van der Waals surface area contributed by atoms with Gasteiger partial charge in [-0.2, -0.15) is 0 Å². The molecule has 1 aromatic carbocycles. The molecule has 0 spiro atoms. The van der Waals surface area contributed by atoms with Gasteiger partial charge in [-0.15, -0.1) is 0 Å². The van der Waals surface area contributed by atoms with Gasteiger partial charge in [0.15, 0.2) is 0 Å². The maximum absolute atomic E-state index is 10.6. The van der Waals surface area contributed by atoms with E-state index >= 15 is 0 Å². The van der Waals surface area contributed by atoms with Crippen LogP contribution in [0.15, 0.2) is 24.3 Å². The molecule has 0 bridgehead atoms.